The Hall–Kier alpha value is -3.07. The van der Waals surface area contributed by atoms with Gasteiger partial charge in [-0.2, -0.15) is 0 Å². The van der Waals surface area contributed by atoms with Crippen molar-refractivity contribution in [3.63, 3.8) is 0 Å². The molecule has 0 bridgehead atoms. The molecule has 0 radical (unpaired) electrons. The summed E-state index contributed by atoms with van der Waals surface area (Å²) in [5, 5.41) is 3.47. The van der Waals surface area contributed by atoms with Crippen LogP contribution in [0.4, 0.5) is 5.69 Å². The quantitative estimate of drug-likeness (QED) is 0.348. The summed E-state index contributed by atoms with van der Waals surface area (Å²) in [5.74, 6) is -0.975. The zero-order chi connectivity index (χ0) is 28.0. The number of hydrogen-bond donors (Lipinski definition) is 1. The van der Waals surface area contributed by atoms with Crippen molar-refractivity contribution < 1.29 is 18.0 Å². The SMILES string of the molecule is Cc1ccc(N(CC(=O)N(Cc2c(Cl)cccc2Cl)[C@H](C)C(=O)NC(C)C)S(=O)(=O)c2ccccc2)cc1. The van der Waals surface area contributed by atoms with Gasteiger partial charge in [0.1, 0.15) is 12.6 Å². The molecule has 38 heavy (non-hydrogen) atoms. The van der Waals surface area contributed by atoms with Gasteiger partial charge in [-0.1, -0.05) is 65.2 Å². The Bertz CT molecular complexity index is 1360. The third-order valence-corrected chi connectivity index (χ3v) is 8.42. The molecular weight excluding hydrogens is 545 g/mol. The van der Waals surface area contributed by atoms with Crippen LogP contribution in [0.5, 0.6) is 0 Å². The van der Waals surface area contributed by atoms with Crippen molar-refractivity contribution in [2.75, 3.05) is 10.8 Å². The van der Waals surface area contributed by atoms with Gasteiger partial charge in [-0.15, -0.1) is 0 Å². The summed E-state index contributed by atoms with van der Waals surface area (Å²) >= 11 is 12.8. The summed E-state index contributed by atoms with van der Waals surface area (Å²) in [4.78, 5) is 28.2. The molecule has 10 heteroatoms. The number of halogens is 2. The van der Waals surface area contributed by atoms with E-state index in [-0.39, 0.29) is 23.4 Å². The van der Waals surface area contributed by atoms with Crippen LogP contribution >= 0.6 is 23.2 Å². The van der Waals surface area contributed by atoms with Crippen LogP contribution < -0.4 is 9.62 Å². The van der Waals surface area contributed by atoms with Gasteiger partial charge in [0.05, 0.1) is 10.6 Å². The second kappa shape index (κ2) is 12.7. The average molecular weight is 577 g/mol. The molecule has 202 valence electrons. The molecule has 0 aliphatic heterocycles. The van der Waals surface area contributed by atoms with Gasteiger partial charge in [0, 0.05) is 28.2 Å². The van der Waals surface area contributed by atoms with Crippen LogP contribution in [0, 0.1) is 6.92 Å². The van der Waals surface area contributed by atoms with E-state index < -0.39 is 28.5 Å². The first-order chi connectivity index (χ1) is 17.9. The number of carbonyl (C=O) groups is 2. The number of anilines is 1. The van der Waals surface area contributed by atoms with Gasteiger partial charge < -0.3 is 10.2 Å². The van der Waals surface area contributed by atoms with Gasteiger partial charge >= 0.3 is 0 Å². The van der Waals surface area contributed by atoms with E-state index in [1.54, 1.807) is 67.6 Å². The number of carbonyl (C=O) groups excluding carboxylic acids is 2. The van der Waals surface area contributed by atoms with E-state index in [0.29, 0.717) is 21.3 Å². The van der Waals surface area contributed by atoms with Crippen molar-refractivity contribution in [3.05, 3.63) is 94.0 Å². The zero-order valence-electron chi connectivity index (χ0n) is 21.7. The number of amides is 2. The number of aryl methyl sites for hydroxylation is 1. The lowest BCUT2D eigenvalue weighted by Crippen LogP contribution is -2.52. The van der Waals surface area contributed by atoms with Crippen LogP contribution in [0.1, 0.15) is 31.9 Å². The normalized spacial score (nSPS) is 12.2. The molecule has 2 amide bonds. The Balaban J connectivity index is 2.05. The molecule has 1 atom stereocenters. The minimum atomic E-state index is -4.12. The highest BCUT2D eigenvalue weighted by molar-refractivity contribution is 7.92. The summed E-state index contributed by atoms with van der Waals surface area (Å²) in [6.45, 7) is 6.47. The fourth-order valence-electron chi connectivity index (χ4n) is 3.80. The molecule has 0 saturated heterocycles. The molecule has 0 fully saturated rings. The first-order valence-electron chi connectivity index (χ1n) is 12.1. The van der Waals surface area contributed by atoms with Crippen LogP contribution in [0.25, 0.3) is 0 Å². The monoisotopic (exact) mass is 575 g/mol. The first-order valence-corrected chi connectivity index (χ1v) is 14.3. The van der Waals surface area contributed by atoms with Crippen LogP contribution in [0.2, 0.25) is 10.0 Å². The number of nitrogens with zero attached hydrogens (tertiary/aromatic N) is 2. The van der Waals surface area contributed by atoms with E-state index in [1.807, 2.05) is 20.8 Å². The molecule has 0 saturated carbocycles. The molecule has 3 aromatic rings. The molecule has 0 aliphatic rings. The molecule has 0 spiro atoms. The van der Waals surface area contributed by atoms with Crippen molar-refractivity contribution in [1.82, 2.24) is 10.2 Å². The molecule has 0 heterocycles. The van der Waals surface area contributed by atoms with Crippen molar-refractivity contribution in [3.8, 4) is 0 Å². The van der Waals surface area contributed by atoms with E-state index >= 15 is 0 Å². The summed E-state index contributed by atoms with van der Waals surface area (Å²) in [6, 6.07) is 18.6. The molecule has 0 aliphatic carbocycles. The van der Waals surface area contributed by atoms with Crippen molar-refractivity contribution in [1.29, 1.82) is 0 Å². The predicted molar refractivity (Wildman–Crippen MR) is 152 cm³/mol. The highest BCUT2D eigenvalue weighted by atomic mass is 35.5. The fraction of sp³-hybridized carbons (Fsp3) is 0.286. The highest BCUT2D eigenvalue weighted by Crippen LogP contribution is 2.28. The highest BCUT2D eigenvalue weighted by Gasteiger charge is 2.33. The topological polar surface area (TPSA) is 86.8 Å². The van der Waals surface area contributed by atoms with Crippen molar-refractivity contribution in [2.45, 2.75) is 51.2 Å². The Kier molecular flexibility index (Phi) is 9.82. The standard InChI is InChI=1S/C28H31Cl2N3O4S/c1-19(2)31-28(35)21(4)32(17-24-25(29)11-8-12-26(24)30)27(34)18-33(22-15-13-20(3)14-16-22)38(36,37)23-9-6-5-7-10-23/h5-16,19,21H,17-18H2,1-4H3,(H,31,35)/t21-/m1/s1. The molecule has 0 aromatic heterocycles. The number of sulfonamides is 1. The number of hydrogen-bond acceptors (Lipinski definition) is 4. The van der Waals surface area contributed by atoms with E-state index in [0.717, 1.165) is 9.87 Å². The van der Waals surface area contributed by atoms with Gasteiger partial charge in [0.2, 0.25) is 11.8 Å². The molecule has 3 rings (SSSR count). The summed E-state index contributed by atoms with van der Waals surface area (Å²) in [5.41, 5.74) is 1.72. The van der Waals surface area contributed by atoms with Gasteiger partial charge in [0.15, 0.2) is 0 Å². The zero-order valence-corrected chi connectivity index (χ0v) is 24.0. The molecule has 0 unspecified atom stereocenters. The van der Waals surface area contributed by atoms with Crippen LogP contribution in [0.3, 0.4) is 0 Å². The van der Waals surface area contributed by atoms with Crippen molar-refractivity contribution in [2.24, 2.45) is 0 Å². The summed E-state index contributed by atoms with van der Waals surface area (Å²) < 4.78 is 28.5. The maximum absolute atomic E-state index is 13.9. The lowest BCUT2D eigenvalue weighted by molar-refractivity contribution is -0.139. The van der Waals surface area contributed by atoms with Crippen LogP contribution in [0.15, 0.2) is 77.7 Å². The van der Waals surface area contributed by atoms with E-state index in [9.17, 15) is 18.0 Å². The second-order valence-corrected chi connectivity index (χ2v) is 11.9. The molecular formula is C28H31Cl2N3O4S. The van der Waals surface area contributed by atoms with Crippen molar-refractivity contribution >= 4 is 50.7 Å². The smallest absolute Gasteiger partial charge is 0.264 e. The molecule has 7 nitrogen and oxygen atoms in total. The predicted octanol–water partition coefficient (Wildman–Crippen LogP) is 5.44. The number of benzene rings is 3. The minimum absolute atomic E-state index is 0.0414. The van der Waals surface area contributed by atoms with E-state index in [4.69, 9.17) is 23.2 Å². The molecule has 3 aromatic carbocycles. The number of rotatable bonds is 10. The number of nitrogens with one attached hydrogen (secondary N) is 1. The summed E-state index contributed by atoms with van der Waals surface area (Å²) in [7, 11) is -4.12. The Morgan fingerprint density at radius 2 is 1.45 bits per heavy atom. The van der Waals surface area contributed by atoms with Crippen LogP contribution in [-0.4, -0.2) is 43.8 Å². The Morgan fingerprint density at radius 1 is 0.868 bits per heavy atom. The maximum Gasteiger partial charge on any atom is 0.264 e. The van der Waals surface area contributed by atoms with Gasteiger partial charge in [-0.25, -0.2) is 8.42 Å². The second-order valence-electron chi connectivity index (χ2n) is 9.22. The largest absolute Gasteiger partial charge is 0.352 e. The average Bonchev–Trinajstić information content (AvgIpc) is 2.87. The summed E-state index contributed by atoms with van der Waals surface area (Å²) in [6.07, 6.45) is 0. The fourth-order valence-corrected chi connectivity index (χ4v) is 5.75. The first kappa shape index (κ1) is 29.5. The van der Waals surface area contributed by atoms with Gasteiger partial charge in [-0.05, 0) is 64.1 Å². The van der Waals surface area contributed by atoms with Gasteiger partial charge in [-0.3, -0.25) is 13.9 Å². The Labute approximate surface area is 234 Å². The van der Waals surface area contributed by atoms with E-state index in [1.165, 1.54) is 17.0 Å². The Morgan fingerprint density at radius 3 is 2.00 bits per heavy atom. The lowest BCUT2D eigenvalue weighted by atomic mass is 10.1. The third-order valence-electron chi connectivity index (χ3n) is 5.92. The molecule has 1 N–H and O–H groups in total. The lowest BCUT2D eigenvalue weighted by Gasteiger charge is -2.32. The van der Waals surface area contributed by atoms with Gasteiger partial charge in [0.25, 0.3) is 10.0 Å². The van der Waals surface area contributed by atoms with Crippen LogP contribution in [-0.2, 0) is 26.2 Å². The third kappa shape index (κ3) is 7.07. The minimum Gasteiger partial charge on any atom is -0.352 e. The van der Waals surface area contributed by atoms with E-state index in [2.05, 4.69) is 5.32 Å². The maximum atomic E-state index is 13.9.